The van der Waals surface area contributed by atoms with Gasteiger partial charge in [-0.25, -0.2) is 17.6 Å². The van der Waals surface area contributed by atoms with Crippen molar-refractivity contribution in [3.63, 3.8) is 0 Å². The molecule has 33 heavy (non-hydrogen) atoms. The first-order valence-electron chi connectivity index (χ1n) is 9.48. The van der Waals surface area contributed by atoms with Crippen LogP contribution in [0.25, 0.3) is 0 Å². The molecule has 15 heteroatoms. The second-order valence-corrected chi connectivity index (χ2v) is 7.38. The highest BCUT2D eigenvalue weighted by atomic mass is 35.5. The maximum absolute atomic E-state index is 13.4. The predicted octanol–water partition coefficient (Wildman–Crippen LogP) is 3.43. The van der Waals surface area contributed by atoms with E-state index in [1.807, 2.05) is 0 Å². The molecule has 1 aliphatic heterocycles. The molecule has 2 heterocycles. The van der Waals surface area contributed by atoms with Crippen molar-refractivity contribution in [1.82, 2.24) is 20.8 Å². The van der Waals surface area contributed by atoms with Crippen molar-refractivity contribution < 1.29 is 45.0 Å². The molecule has 182 valence electrons. The molecule has 1 aromatic carbocycles. The fourth-order valence-electron chi connectivity index (χ4n) is 2.90. The molecular weight excluding hydrogens is 486 g/mol. The molecule has 1 amide bonds. The van der Waals surface area contributed by atoms with Gasteiger partial charge in [0.2, 0.25) is 5.89 Å². The van der Waals surface area contributed by atoms with Gasteiger partial charge in [0.1, 0.15) is 11.6 Å². The van der Waals surface area contributed by atoms with Crippen LogP contribution in [-0.2, 0) is 4.79 Å². The molecule has 1 aromatic heterocycles. The average Bonchev–Trinajstić information content (AvgIpc) is 3.22. The zero-order chi connectivity index (χ0) is 24.2. The number of rotatable bonds is 9. The molecule has 0 aliphatic carbocycles. The number of aromatic nitrogens is 2. The topological polar surface area (TPSA) is 98.5 Å². The van der Waals surface area contributed by atoms with Crippen LogP contribution in [0.2, 0.25) is 5.02 Å². The molecule has 1 unspecified atom stereocenters. The van der Waals surface area contributed by atoms with Crippen molar-refractivity contribution >= 4 is 17.5 Å². The summed E-state index contributed by atoms with van der Waals surface area (Å²) in [4.78, 5) is 12.0. The molecule has 1 fully saturated rings. The number of halogens is 7. The number of hydrogen-bond acceptors (Lipinski definition) is 7. The summed E-state index contributed by atoms with van der Waals surface area (Å²) in [6.07, 6.45) is -13.1. The minimum atomic E-state index is -4.85. The molecule has 0 bridgehead atoms. The smallest absolute Gasteiger partial charge is 0.439 e. The number of piperidine rings is 1. The zero-order valence-electron chi connectivity index (χ0n) is 16.5. The molecule has 1 saturated heterocycles. The summed E-state index contributed by atoms with van der Waals surface area (Å²) < 4.78 is 91.0. The Balaban J connectivity index is 1.44. The second kappa shape index (κ2) is 10.5. The van der Waals surface area contributed by atoms with Crippen LogP contribution in [0.5, 0.6) is 11.8 Å². The summed E-state index contributed by atoms with van der Waals surface area (Å²) in [6.45, 7) is -0.133. The molecular formula is C18H17ClF6N4O4. The number of carbonyl (C=O) groups excluding carboxylic acids is 1. The largest absolute Gasteiger partial charge is 0.484 e. The maximum Gasteiger partial charge on any atom is 0.439 e. The Bertz CT molecular complexity index is 958. The van der Waals surface area contributed by atoms with E-state index in [0.29, 0.717) is 12.8 Å². The highest BCUT2D eigenvalue weighted by Crippen LogP contribution is 2.31. The van der Waals surface area contributed by atoms with E-state index in [-0.39, 0.29) is 35.9 Å². The van der Waals surface area contributed by atoms with Crippen LogP contribution >= 0.6 is 11.6 Å². The van der Waals surface area contributed by atoms with Gasteiger partial charge in [0, 0.05) is 18.7 Å². The van der Waals surface area contributed by atoms with Crippen LogP contribution in [0.4, 0.5) is 26.3 Å². The third-order valence-electron chi connectivity index (χ3n) is 4.53. The van der Waals surface area contributed by atoms with Gasteiger partial charge in [-0.3, -0.25) is 4.79 Å². The minimum Gasteiger partial charge on any atom is -0.484 e. The van der Waals surface area contributed by atoms with E-state index in [1.165, 1.54) is 12.1 Å². The highest BCUT2D eigenvalue weighted by Gasteiger charge is 2.50. The summed E-state index contributed by atoms with van der Waals surface area (Å²) in [7, 11) is 0. The molecule has 1 aliphatic rings. The van der Waals surface area contributed by atoms with Crippen LogP contribution in [0.15, 0.2) is 22.6 Å². The molecule has 0 radical (unpaired) electrons. The summed E-state index contributed by atoms with van der Waals surface area (Å²) in [5.74, 6) is -1.20. The molecule has 2 N–H and O–H groups in total. The van der Waals surface area contributed by atoms with E-state index in [2.05, 4.69) is 25.6 Å². The number of ether oxygens (including phenoxy) is 2. The Morgan fingerprint density at radius 1 is 1.30 bits per heavy atom. The summed E-state index contributed by atoms with van der Waals surface area (Å²) in [6, 6.07) is 2.83. The van der Waals surface area contributed by atoms with Gasteiger partial charge in [0.15, 0.2) is 6.61 Å². The first kappa shape index (κ1) is 24.9. The Hall–Kier alpha value is -2.74. The number of carbonyl (C=O) groups is 1. The Labute approximate surface area is 187 Å². The first-order valence-corrected chi connectivity index (χ1v) is 9.86. The van der Waals surface area contributed by atoms with E-state index < -0.39 is 42.5 Å². The number of nitrogens with one attached hydrogen (secondary N) is 2. The van der Waals surface area contributed by atoms with Crippen molar-refractivity contribution in [1.29, 1.82) is 0 Å². The van der Waals surface area contributed by atoms with Crippen LogP contribution < -0.4 is 20.1 Å². The van der Waals surface area contributed by atoms with Crippen LogP contribution in [-0.4, -0.2) is 54.0 Å². The molecule has 8 nitrogen and oxygen atoms in total. The lowest BCUT2D eigenvalue weighted by atomic mass is 10.0. The average molecular weight is 503 g/mol. The zero-order valence-corrected chi connectivity index (χ0v) is 17.3. The van der Waals surface area contributed by atoms with Crippen molar-refractivity contribution in [2.75, 3.05) is 13.2 Å². The fourth-order valence-corrected chi connectivity index (χ4v) is 3.01. The SMILES string of the molecule is O=C(COc1ccc(Cl)c(F)c1)N[C@H]1CC[C@H](c2nnc(OC(F)(F)C(F)C(F)F)o2)NC1. The minimum absolute atomic E-state index is 0.0805. The fraction of sp³-hybridized carbons (Fsp3) is 0.500. The summed E-state index contributed by atoms with van der Waals surface area (Å²) in [5, 5.41) is 12.2. The Kier molecular flexibility index (Phi) is 7.89. The van der Waals surface area contributed by atoms with Gasteiger partial charge in [0.25, 0.3) is 18.5 Å². The number of benzene rings is 1. The lowest BCUT2D eigenvalue weighted by Gasteiger charge is -2.28. The summed E-state index contributed by atoms with van der Waals surface area (Å²) >= 11 is 5.57. The maximum atomic E-state index is 13.4. The van der Waals surface area contributed by atoms with Crippen molar-refractivity contribution in [2.45, 2.75) is 43.6 Å². The van der Waals surface area contributed by atoms with Crippen molar-refractivity contribution in [2.24, 2.45) is 0 Å². The van der Waals surface area contributed by atoms with Crippen molar-refractivity contribution in [3.05, 3.63) is 34.9 Å². The lowest BCUT2D eigenvalue weighted by Crippen LogP contribution is -2.48. The van der Waals surface area contributed by atoms with Gasteiger partial charge in [-0.05, 0) is 25.0 Å². The van der Waals surface area contributed by atoms with Gasteiger partial charge in [-0.1, -0.05) is 16.7 Å². The van der Waals surface area contributed by atoms with Crippen LogP contribution in [0.1, 0.15) is 24.8 Å². The first-order chi connectivity index (χ1) is 15.5. The van der Waals surface area contributed by atoms with Gasteiger partial charge in [0.05, 0.1) is 11.1 Å². The Morgan fingerprint density at radius 2 is 2.06 bits per heavy atom. The van der Waals surface area contributed by atoms with Crippen molar-refractivity contribution in [3.8, 4) is 11.8 Å². The lowest BCUT2D eigenvalue weighted by molar-refractivity contribution is -0.252. The van der Waals surface area contributed by atoms with Gasteiger partial charge < -0.3 is 24.5 Å². The second-order valence-electron chi connectivity index (χ2n) is 6.97. The van der Waals surface area contributed by atoms with E-state index in [0.717, 1.165) is 6.07 Å². The van der Waals surface area contributed by atoms with E-state index in [4.69, 9.17) is 20.8 Å². The van der Waals surface area contributed by atoms with Crippen LogP contribution in [0.3, 0.4) is 0 Å². The van der Waals surface area contributed by atoms with Crippen LogP contribution in [0, 0.1) is 5.82 Å². The molecule has 3 atom stereocenters. The third kappa shape index (κ3) is 6.63. The number of hydrogen-bond donors (Lipinski definition) is 2. The van der Waals surface area contributed by atoms with Gasteiger partial charge in [-0.2, -0.15) is 8.78 Å². The highest BCUT2D eigenvalue weighted by molar-refractivity contribution is 6.30. The summed E-state index contributed by atoms with van der Waals surface area (Å²) in [5.41, 5.74) is 0. The quantitative estimate of drug-likeness (QED) is 0.507. The third-order valence-corrected chi connectivity index (χ3v) is 4.83. The molecule has 0 saturated carbocycles. The number of amides is 1. The normalized spacial score (nSPS) is 19.9. The standard InChI is InChI=1S/C18H17ClF6N4O4/c19-10-3-2-9(5-11(10)20)31-7-13(30)27-8-1-4-12(26-6-8)16-28-29-17(32-16)33-18(24,25)14(21)15(22)23/h2-3,5,8,12,14-15,26H,1,4,6-7H2,(H,27,30)/t8-,12+,14?/m0/s1. The van der Waals surface area contributed by atoms with Gasteiger partial charge in [-0.15, -0.1) is 5.10 Å². The van der Waals surface area contributed by atoms with E-state index >= 15 is 0 Å². The molecule has 3 rings (SSSR count). The van der Waals surface area contributed by atoms with E-state index in [9.17, 15) is 31.1 Å². The predicted molar refractivity (Wildman–Crippen MR) is 99.6 cm³/mol. The number of alkyl halides is 5. The van der Waals surface area contributed by atoms with Gasteiger partial charge >= 0.3 is 12.2 Å². The molecule has 2 aromatic rings. The Morgan fingerprint density at radius 3 is 2.70 bits per heavy atom. The monoisotopic (exact) mass is 502 g/mol. The molecule has 0 spiro atoms. The number of nitrogens with zero attached hydrogens (tertiary/aromatic N) is 2. The van der Waals surface area contributed by atoms with E-state index in [1.54, 1.807) is 0 Å².